The molecular formula is C39H37IrN3OS-2. The average Bonchev–Trinajstić information content (AvgIpc) is 3.55. The van der Waals surface area contributed by atoms with Crippen molar-refractivity contribution in [1.29, 1.82) is 0 Å². The third-order valence-electron chi connectivity index (χ3n) is 7.62. The number of fused-ring (bicyclic) bond motifs is 4. The van der Waals surface area contributed by atoms with Crippen LogP contribution in [0, 0.1) is 52.2 Å². The molecule has 231 valence electrons. The molecule has 0 aliphatic heterocycles. The molecule has 0 aliphatic carbocycles. The van der Waals surface area contributed by atoms with E-state index in [-0.39, 0.29) is 20.1 Å². The van der Waals surface area contributed by atoms with Crippen LogP contribution in [0.2, 0.25) is 0 Å². The minimum absolute atomic E-state index is 0. The summed E-state index contributed by atoms with van der Waals surface area (Å²) < 4.78 is 24.6. The second-order valence-electron chi connectivity index (χ2n) is 12.4. The van der Waals surface area contributed by atoms with Crippen molar-refractivity contribution in [3.8, 4) is 22.5 Å². The smallest absolute Gasteiger partial charge is 0.216 e. The Kier molecular flexibility index (Phi) is 8.63. The molecule has 7 rings (SSSR count). The molecule has 1 radical (unpaired) electrons. The molecule has 0 amide bonds. The third kappa shape index (κ3) is 6.94. The van der Waals surface area contributed by atoms with Crippen LogP contribution in [-0.2, 0) is 26.5 Å². The minimum Gasteiger partial charge on any atom is -0.486 e. The Morgan fingerprint density at radius 3 is 2.33 bits per heavy atom. The molecule has 0 spiro atoms. The Morgan fingerprint density at radius 2 is 1.62 bits per heavy atom. The van der Waals surface area contributed by atoms with Crippen LogP contribution in [0.4, 0.5) is 0 Å². The van der Waals surface area contributed by atoms with Gasteiger partial charge in [0.05, 0.1) is 10.3 Å². The van der Waals surface area contributed by atoms with Crippen LogP contribution in [-0.4, -0.2) is 15.0 Å². The largest absolute Gasteiger partial charge is 0.486 e. The molecule has 0 saturated heterocycles. The molecular weight excluding hydrogens is 751 g/mol. The first-order valence-corrected chi connectivity index (χ1v) is 15.6. The van der Waals surface area contributed by atoms with Crippen LogP contribution in [0.3, 0.4) is 0 Å². The van der Waals surface area contributed by atoms with E-state index in [2.05, 4.69) is 66.1 Å². The van der Waals surface area contributed by atoms with Crippen molar-refractivity contribution in [3.63, 3.8) is 0 Å². The van der Waals surface area contributed by atoms with Crippen LogP contribution in [0.25, 0.3) is 54.7 Å². The predicted molar refractivity (Wildman–Crippen MR) is 184 cm³/mol. The molecule has 0 bridgehead atoms. The molecule has 2 aromatic carbocycles. The number of aromatic nitrogens is 3. The van der Waals surface area contributed by atoms with E-state index in [9.17, 15) is 0 Å². The van der Waals surface area contributed by atoms with Crippen LogP contribution in [0.1, 0.15) is 56.3 Å². The Balaban J connectivity index is 0.000000228. The Morgan fingerprint density at radius 1 is 0.844 bits per heavy atom. The number of aryl methyl sites for hydroxylation is 5. The Bertz CT molecular complexity index is 2230. The summed E-state index contributed by atoms with van der Waals surface area (Å²) in [6.07, 6.45) is 2.32. The average molecular weight is 790 g/mol. The van der Waals surface area contributed by atoms with Crippen molar-refractivity contribution in [3.05, 3.63) is 112 Å². The minimum atomic E-state index is -1.44. The van der Waals surface area contributed by atoms with E-state index < -0.39 is 11.8 Å². The van der Waals surface area contributed by atoms with Gasteiger partial charge in [-0.3, -0.25) is 0 Å². The molecule has 6 heteroatoms. The summed E-state index contributed by atoms with van der Waals surface area (Å²) >= 11 is 1.49. The molecule has 0 aliphatic rings. The first kappa shape index (κ1) is 30.0. The van der Waals surface area contributed by atoms with Crippen molar-refractivity contribution in [2.75, 3.05) is 0 Å². The van der Waals surface area contributed by atoms with Gasteiger partial charge in [0.1, 0.15) is 0 Å². The summed E-state index contributed by atoms with van der Waals surface area (Å²) in [6.45, 7) is 16.0. The van der Waals surface area contributed by atoms with Crippen molar-refractivity contribution in [2.24, 2.45) is 5.41 Å². The first-order valence-electron chi connectivity index (χ1n) is 15.8. The maximum atomic E-state index is 8.73. The van der Waals surface area contributed by atoms with Crippen molar-refractivity contribution in [2.45, 2.75) is 61.8 Å². The standard InChI is InChI=1S/C25H23N2OS.C14H14N.Ir/c1-14-9-10-17-16-7-6-8-18(23(16)28-24(17)27-14)20-11-19-15(2)21(12-25(3,4)5)29-22(19)13-26-20;1-10-4-6-13(7-5-10)14-8-11(2)12(3)9-15-14;/h6-7,9-11,13H,12H2,1-5H3;4-6,8-9H,1-3H3;/q2*-1;/i12D2;;. The van der Waals surface area contributed by atoms with Crippen LogP contribution < -0.4 is 0 Å². The topological polar surface area (TPSA) is 51.8 Å². The molecule has 4 nitrogen and oxygen atoms in total. The normalized spacial score (nSPS) is 12.4. The van der Waals surface area contributed by atoms with E-state index in [1.807, 2.05) is 83.4 Å². The number of hydrogen-bond acceptors (Lipinski definition) is 5. The van der Waals surface area contributed by atoms with Gasteiger partial charge in [-0.05, 0) is 79.5 Å². The molecule has 0 atom stereocenters. The van der Waals surface area contributed by atoms with Crippen LogP contribution >= 0.6 is 11.3 Å². The molecule has 5 heterocycles. The van der Waals surface area contributed by atoms with E-state index in [4.69, 9.17) is 7.16 Å². The number of rotatable bonds is 3. The van der Waals surface area contributed by atoms with Gasteiger partial charge in [-0.2, -0.15) is 0 Å². The number of benzene rings is 2. The first-order chi connectivity index (χ1) is 21.7. The fraction of sp³-hybridized carbons (Fsp3) is 0.256. The quantitative estimate of drug-likeness (QED) is 0.167. The molecule has 0 unspecified atom stereocenters. The summed E-state index contributed by atoms with van der Waals surface area (Å²) in [6, 6.07) is 24.7. The summed E-state index contributed by atoms with van der Waals surface area (Å²) in [4.78, 5) is 14.4. The van der Waals surface area contributed by atoms with Crippen molar-refractivity contribution < 1.29 is 27.3 Å². The van der Waals surface area contributed by atoms with Gasteiger partial charge in [-0.15, -0.1) is 64.9 Å². The van der Waals surface area contributed by atoms with Crippen molar-refractivity contribution >= 4 is 43.5 Å². The zero-order valence-electron chi connectivity index (χ0n) is 28.8. The van der Waals surface area contributed by atoms with E-state index in [0.717, 1.165) is 65.1 Å². The fourth-order valence-corrected chi connectivity index (χ4v) is 6.33. The van der Waals surface area contributed by atoms with Gasteiger partial charge in [0.25, 0.3) is 0 Å². The second-order valence-corrected chi connectivity index (χ2v) is 13.5. The number of furan rings is 1. The van der Waals surface area contributed by atoms with Gasteiger partial charge < -0.3 is 14.4 Å². The molecule has 0 saturated carbocycles. The van der Waals surface area contributed by atoms with Gasteiger partial charge in [-0.25, -0.2) is 4.98 Å². The summed E-state index contributed by atoms with van der Waals surface area (Å²) in [5.74, 6) is 0. The predicted octanol–water partition coefficient (Wildman–Crippen LogP) is 10.7. The summed E-state index contributed by atoms with van der Waals surface area (Å²) in [5, 5.41) is 2.99. The van der Waals surface area contributed by atoms with Gasteiger partial charge in [0, 0.05) is 51.2 Å². The maximum Gasteiger partial charge on any atom is 0.216 e. The SMILES string of the molecule is Cc1c[c-]c(-c2cc(C)c(C)cn2)cc1.[2H]C([2H])(c1sc2cnc(-c3[c-]ccc4c3oc3nc(C)ccc34)cc2c1C)C(C)(C)C.[Ir]. The third-order valence-corrected chi connectivity index (χ3v) is 8.78. The van der Waals surface area contributed by atoms with E-state index in [0.29, 0.717) is 5.71 Å². The maximum absolute atomic E-state index is 8.73. The summed E-state index contributed by atoms with van der Waals surface area (Å²) in [7, 11) is 0. The second kappa shape index (κ2) is 13.0. The Hall–Kier alpha value is -3.70. The number of pyridine rings is 3. The van der Waals surface area contributed by atoms with E-state index >= 15 is 0 Å². The van der Waals surface area contributed by atoms with Gasteiger partial charge in [-0.1, -0.05) is 56.3 Å². The van der Waals surface area contributed by atoms with Crippen LogP contribution in [0.5, 0.6) is 0 Å². The molecule has 5 aromatic heterocycles. The summed E-state index contributed by atoms with van der Waals surface area (Å²) in [5.41, 5.74) is 10.0. The number of nitrogens with zero attached hydrogens (tertiary/aromatic N) is 3. The Labute approximate surface area is 286 Å². The number of hydrogen-bond donors (Lipinski definition) is 0. The zero-order chi connectivity index (χ0) is 33.0. The van der Waals surface area contributed by atoms with Gasteiger partial charge >= 0.3 is 0 Å². The molecule has 45 heavy (non-hydrogen) atoms. The number of thiophene rings is 1. The molecule has 7 aromatic rings. The zero-order valence-corrected chi connectivity index (χ0v) is 30.1. The van der Waals surface area contributed by atoms with Gasteiger partial charge in [0.15, 0.2) is 0 Å². The molecule has 0 N–H and O–H groups in total. The van der Waals surface area contributed by atoms with Crippen molar-refractivity contribution in [1.82, 2.24) is 15.0 Å². The monoisotopic (exact) mass is 790 g/mol. The fourth-order valence-electron chi connectivity index (χ4n) is 5.06. The van der Waals surface area contributed by atoms with E-state index in [1.54, 1.807) is 0 Å². The van der Waals surface area contributed by atoms with E-state index in [1.165, 1.54) is 28.0 Å². The van der Waals surface area contributed by atoms with Gasteiger partial charge in [0.2, 0.25) is 5.71 Å². The van der Waals surface area contributed by atoms with Crippen LogP contribution in [0.15, 0.2) is 71.4 Å². The molecule has 0 fully saturated rings.